The second-order valence-electron chi connectivity index (χ2n) is 1.70. The number of unbranched alkanes of at least 4 members (excludes halogenated alkanes) is 1. The van der Waals surface area contributed by atoms with Crippen molar-refractivity contribution in [1.82, 2.24) is 4.72 Å². The fourth-order valence-electron chi connectivity index (χ4n) is 0.374. The molecule has 1 N–H and O–H groups in total. The summed E-state index contributed by atoms with van der Waals surface area (Å²) in [6, 6.07) is 0. The van der Waals surface area contributed by atoms with Crippen molar-refractivity contribution in [3.05, 3.63) is 0 Å². The van der Waals surface area contributed by atoms with E-state index in [2.05, 4.69) is 0 Å². The average molecular weight is 175 g/mol. The van der Waals surface area contributed by atoms with Gasteiger partial charge in [0.1, 0.15) is 0 Å². The second kappa shape index (κ2) is 6.57. The minimum Gasteiger partial charge on any atom is -0.735 e. The number of hydrogen-bond donors (Lipinski definition) is 1. The first-order valence-corrected chi connectivity index (χ1v) is 4.17. The predicted octanol–water partition coefficient (Wildman–Crippen LogP) is -3.16. The Morgan fingerprint density at radius 2 is 2.00 bits per heavy atom. The third-order valence-electron chi connectivity index (χ3n) is 0.809. The first-order chi connectivity index (χ1) is 4.06. The monoisotopic (exact) mass is 175 g/mol. The molecule has 0 aliphatic carbocycles. The van der Waals surface area contributed by atoms with Crippen LogP contribution in [0.15, 0.2) is 0 Å². The van der Waals surface area contributed by atoms with Crippen molar-refractivity contribution >= 4 is 10.3 Å². The summed E-state index contributed by atoms with van der Waals surface area (Å²) in [6.45, 7) is 2.17. The summed E-state index contributed by atoms with van der Waals surface area (Å²) in [6.07, 6.45) is 1.59. The van der Waals surface area contributed by atoms with Gasteiger partial charge < -0.3 is 4.55 Å². The van der Waals surface area contributed by atoms with Gasteiger partial charge in [0, 0.05) is 6.54 Å². The zero-order valence-corrected chi connectivity index (χ0v) is 9.07. The van der Waals surface area contributed by atoms with E-state index in [0.29, 0.717) is 6.42 Å². The Kier molecular flexibility index (Phi) is 8.85. The van der Waals surface area contributed by atoms with Crippen LogP contribution in [0.2, 0.25) is 0 Å². The summed E-state index contributed by atoms with van der Waals surface area (Å²) in [4.78, 5) is 0. The van der Waals surface area contributed by atoms with E-state index in [-0.39, 0.29) is 36.1 Å². The van der Waals surface area contributed by atoms with E-state index in [4.69, 9.17) is 0 Å². The molecule has 0 atom stereocenters. The van der Waals surface area contributed by atoms with Gasteiger partial charge in [0.15, 0.2) is 10.3 Å². The van der Waals surface area contributed by atoms with Gasteiger partial charge >= 0.3 is 29.6 Å². The first-order valence-electron chi connectivity index (χ1n) is 2.76. The topological polar surface area (TPSA) is 69.2 Å². The number of nitrogens with one attached hydrogen (secondary N) is 1. The Labute approximate surface area is 83.6 Å². The summed E-state index contributed by atoms with van der Waals surface area (Å²) in [7, 11) is -4.20. The zero-order valence-electron chi connectivity index (χ0n) is 6.25. The predicted molar refractivity (Wildman–Crippen MR) is 32.6 cm³/mol. The zero-order chi connectivity index (χ0) is 7.33. The Hall–Kier alpha value is 0.870. The molecule has 0 aromatic heterocycles. The smallest absolute Gasteiger partial charge is 0.735 e. The molecular formula is C4H10NNaO3S. The van der Waals surface area contributed by atoms with E-state index in [9.17, 15) is 13.0 Å². The van der Waals surface area contributed by atoms with Crippen LogP contribution in [0.4, 0.5) is 0 Å². The van der Waals surface area contributed by atoms with Crippen molar-refractivity contribution < 1.29 is 42.5 Å². The van der Waals surface area contributed by atoms with Crippen LogP contribution >= 0.6 is 0 Å². The van der Waals surface area contributed by atoms with E-state index in [0.717, 1.165) is 6.42 Å². The molecule has 0 unspecified atom stereocenters. The Morgan fingerprint density at radius 3 is 2.30 bits per heavy atom. The summed E-state index contributed by atoms with van der Waals surface area (Å²) in [5, 5.41) is 0. The molecule has 0 spiro atoms. The van der Waals surface area contributed by atoms with Gasteiger partial charge in [0.05, 0.1) is 0 Å². The molecule has 0 saturated heterocycles. The van der Waals surface area contributed by atoms with Crippen LogP contribution in [0, 0.1) is 0 Å². The molecule has 0 aliphatic heterocycles. The molecule has 0 radical (unpaired) electrons. The van der Waals surface area contributed by atoms with Crippen molar-refractivity contribution in [1.29, 1.82) is 0 Å². The van der Waals surface area contributed by atoms with Gasteiger partial charge in [-0.2, -0.15) is 0 Å². The molecule has 56 valence electrons. The molecule has 4 nitrogen and oxygen atoms in total. The molecule has 0 aromatic rings. The third kappa shape index (κ3) is 11.6. The quantitative estimate of drug-likeness (QED) is 0.278. The Morgan fingerprint density at radius 1 is 1.50 bits per heavy atom. The molecule has 0 rings (SSSR count). The molecule has 0 bridgehead atoms. The van der Waals surface area contributed by atoms with E-state index in [1.807, 2.05) is 11.6 Å². The Balaban J connectivity index is 0. The average Bonchev–Trinajstić information content (AvgIpc) is 1.63. The van der Waals surface area contributed by atoms with Crippen LogP contribution in [-0.4, -0.2) is 19.5 Å². The van der Waals surface area contributed by atoms with Crippen molar-refractivity contribution in [2.75, 3.05) is 6.54 Å². The van der Waals surface area contributed by atoms with Crippen LogP contribution in [0.3, 0.4) is 0 Å². The summed E-state index contributed by atoms with van der Waals surface area (Å²) in [5.74, 6) is 0. The van der Waals surface area contributed by atoms with Crippen molar-refractivity contribution in [2.24, 2.45) is 0 Å². The molecule has 0 aliphatic rings. The van der Waals surface area contributed by atoms with Crippen LogP contribution in [-0.2, 0) is 10.3 Å². The SMILES string of the molecule is CCCCNS(=O)(=O)[O-].[Na+]. The fourth-order valence-corrected chi connectivity index (χ4v) is 0.768. The normalized spacial score (nSPS) is 10.6. The van der Waals surface area contributed by atoms with Crippen LogP contribution < -0.4 is 34.3 Å². The standard InChI is InChI=1S/C4H11NO3S.Na/c1-2-3-4-5-9(6,7)8;/h5H,2-4H2,1H3,(H,6,7,8);/q;+1/p-1. The van der Waals surface area contributed by atoms with Gasteiger partial charge in [-0.15, -0.1) is 0 Å². The van der Waals surface area contributed by atoms with Gasteiger partial charge in [-0.1, -0.05) is 13.3 Å². The maximum Gasteiger partial charge on any atom is 1.00 e. The first kappa shape index (κ1) is 13.5. The minimum atomic E-state index is -4.20. The van der Waals surface area contributed by atoms with Crippen molar-refractivity contribution in [3.63, 3.8) is 0 Å². The van der Waals surface area contributed by atoms with Crippen LogP contribution in [0.1, 0.15) is 19.8 Å². The summed E-state index contributed by atoms with van der Waals surface area (Å²) in [5.41, 5.74) is 0. The maximum absolute atomic E-state index is 9.84. The van der Waals surface area contributed by atoms with Gasteiger partial charge in [0.25, 0.3) is 0 Å². The second-order valence-corrected chi connectivity index (χ2v) is 2.90. The van der Waals surface area contributed by atoms with Crippen LogP contribution in [0.5, 0.6) is 0 Å². The Bertz CT molecular complexity index is 156. The largest absolute Gasteiger partial charge is 1.00 e. The molecular weight excluding hydrogens is 165 g/mol. The molecule has 0 amide bonds. The van der Waals surface area contributed by atoms with Gasteiger partial charge in [-0.3, -0.25) is 0 Å². The minimum absolute atomic E-state index is 0. The van der Waals surface area contributed by atoms with E-state index >= 15 is 0 Å². The summed E-state index contributed by atoms with van der Waals surface area (Å²) < 4.78 is 31.4. The maximum atomic E-state index is 9.84. The van der Waals surface area contributed by atoms with E-state index < -0.39 is 10.3 Å². The van der Waals surface area contributed by atoms with E-state index in [1.165, 1.54) is 0 Å². The van der Waals surface area contributed by atoms with Crippen LogP contribution in [0.25, 0.3) is 0 Å². The summed E-state index contributed by atoms with van der Waals surface area (Å²) >= 11 is 0. The third-order valence-corrected chi connectivity index (χ3v) is 1.37. The van der Waals surface area contributed by atoms with Gasteiger partial charge in [-0.25, -0.2) is 13.1 Å². The number of rotatable bonds is 4. The molecule has 0 fully saturated rings. The van der Waals surface area contributed by atoms with Crippen molar-refractivity contribution in [2.45, 2.75) is 19.8 Å². The molecule has 10 heavy (non-hydrogen) atoms. The van der Waals surface area contributed by atoms with E-state index in [1.54, 1.807) is 0 Å². The molecule has 0 aromatic carbocycles. The molecule has 0 saturated carbocycles. The molecule has 6 heteroatoms. The molecule has 0 heterocycles. The van der Waals surface area contributed by atoms with Gasteiger partial charge in [0.2, 0.25) is 0 Å². The fraction of sp³-hybridized carbons (Fsp3) is 1.00. The van der Waals surface area contributed by atoms with Crippen molar-refractivity contribution in [3.8, 4) is 0 Å². The number of hydrogen-bond acceptors (Lipinski definition) is 3. The van der Waals surface area contributed by atoms with Gasteiger partial charge in [-0.05, 0) is 6.42 Å².